The van der Waals surface area contributed by atoms with Crippen molar-refractivity contribution in [2.45, 2.75) is 38.9 Å². The maximum atomic E-state index is 14.5. The molecule has 0 aromatic heterocycles. The van der Waals surface area contributed by atoms with Gasteiger partial charge in [-0.25, -0.2) is 9.18 Å². The van der Waals surface area contributed by atoms with Gasteiger partial charge in [-0.05, 0) is 39.2 Å². The summed E-state index contributed by atoms with van der Waals surface area (Å²) in [4.78, 5) is 11.6. The lowest BCUT2D eigenvalue weighted by Gasteiger charge is -2.32. The number of carbonyl (C=O) groups excluding carboxylic acids is 1. The van der Waals surface area contributed by atoms with E-state index < -0.39 is 30.1 Å². The van der Waals surface area contributed by atoms with Crippen LogP contribution in [0.5, 0.6) is 0 Å². The third kappa shape index (κ3) is 3.38. The van der Waals surface area contributed by atoms with Gasteiger partial charge in [-0.1, -0.05) is 18.2 Å². The molecule has 0 spiro atoms. The zero-order chi connectivity index (χ0) is 18.1. The Balaban J connectivity index is 2.38. The summed E-state index contributed by atoms with van der Waals surface area (Å²) in [5.74, 6) is -1.48. The lowest BCUT2D eigenvalue weighted by molar-refractivity contribution is 0.00578. The van der Waals surface area contributed by atoms with E-state index >= 15 is 0 Å². The summed E-state index contributed by atoms with van der Waals surface area (Å²) in [6.45, 7) is 7.19. The van der Waals surface area contributed by atoms with Crippen molar-refractivity contribution in [3.8, 4) is 0 Å². The van der Waals surface area contributed by atoms with E-state index in [1.165, 1.54) is 25.3 Å². The summed E-state index contributed by atoms with van der Waals surface area (Å²) < 4.78 is 30.8. The standard InChI is InChI=1S/C17H22BFO5/c1-16(2)17(3,4)24-18(23-16)12(10-20)9-11-7-6-8-13(14(11)19)15(21)22-5/h6-9,20H,10H2,1-5H3. The Morgan fingerprint density at radius 3 is 2.38 bits per heavy atom. The maximum Gasteiger partial charge on any atom is 0.492 e. The van der Waals surface area contributed by atoms with Crippen molar-refractivity contribution >= 4 is 19.2 Å². The lowest BCUT2D eigenvalue weighted by atomic mass is 9.77. The Labute approximate surface area is 141 Å². The summed E-state index contributed by atoms with van der Waals surface area (Å²) in [5.41, 5.74) is -0.792. The minimum absolute atomic E-state index is 0.150. The maximum absolute atomic E-state index is 14.5. The van der Waals surface area contributed by atoms with Crippen molar-refractivity contribution in [1.82, 2.24) is 0 Å². The van der Waals surface area contributed by atoms with Crippen LogP contribution in [0.4, 0.5) is 4.39 Å². The van der Waals surface area contributed by atoms with Gasteiger partial charge in [-0.15, -0.1) is 0 Å². The van der Waals surface area contributed by atoms with Crippen LogP contribution >= 0.6 is 0 Å². The highest BCUT2D eigenvalue weighted by Gasteiger charge is 2.52. The molecule has 0 aliphatic carbocycles. The molecule has 0 saturated carbocycles. The molecule has 1 saturated heterocycles. The zero-order valence-corrected chi connectivity index (χ0v) is 14.6. The van der Waals surface area contributed by atoms with Crippen LogP contribution in [0.2, 0.25) is 0 Å². The Hall–Kier alpha value is -1.70. The summed E-state index contributed by atoms with van der Waals surface area (Å²) in [6, 6.07) is 4.38. The van der Waals surface area contributed by atoms with Crippen molar-refractivity contribution in [3.63, 3.8) is 0 Å². The number of benzene rings is 1. The van der Waals surface area contributed by atoms with Crippen LogP contribution < -0.4 is 0 Å². The number of carbonyl (C=O) groups is 1. The number of aliphatic hydroxyl groups excluding tert-OH is 1. The minimum Gasteiger partial charge on any atom is -0.465 e. The molecule has 0 unspecified atom stereocenters. The van der Waals surface area contributed by atoms with Gasteiger partial charge < -0.3 is 19.2 Å². The zero-order valence-electron chi connectivity index (χ0n) is 14.6. The van der Waals surface area contributed by atoms with Crippen molar-refractivity contribution in [2.24, 2.45) is 0 Å². The molecule has 1 aromatic rings. The number of methoxy groups -OCH3 is 1. The molecule has 1 N–H and O–H groups in total. The third-order valence-corrected chi connectivity index (χ3v) is 4.51. The fourth-order valence-corrected chi connectivity index (χ4v) is 2.31. The first-order valence-corrected chi connectivity index (χ1v) is 7.66. The fraction of sp³-hybridized carbons (Fsp3) is 0.471. The first-order chi connectivity index (χ1) is 11.1. The molecule has 1 aromatic carbocycles. The van der Waals surface area contributed by atoms with Crippen molar-refractivity contribution < 1.29 is 28.3 Å². The van der Waals surface area contributed by atoms with Gasteiger partial charge in [0.15, 0.2) is 0 Å². The molecule has 0 radical (unpaired) electrons. The molecule has 1 fully saturated rings. The number of halogens is 1. The molecule has 1 aliphatic rings. The van der Waals surface area contributed by atoms with Gasteiger partial charge in [-0.2, -0.15) is 0 Å². The molecule has 130 valence electrons. The Morgan fingerprint density at radius 2 is 1.88 bits per heavy atom. The number of aliphatic hydroxyl groups is 1. The van der Waals surface area contributed by atoms with Gasteiger partial charge in [0, 0.05) is 5.56 Å². The highest BCUT2D eigenvalue weighted by atomic mass is 19.1. The second-order valence-electron chi connectivity index (χ2n) is 6.67. The van der Waals surface area contributed by atoms with E-state index in [-0.39, 0.29) is 17.7 Å². The van der Waals surface area contributed by atoms with Crippen LogP contribution in [0, 0.1) is 5.82 Å². The molecule has 0 amide bonds. The quantitative estimate of drug-likeness (QED) is 0.676. The van der Waals surface area contributed by atoms with Crippen LogP contribution in [-0.4, -0.2) is 43.1 Å². The fourth-order valence-electron chi connectivity index (χ4n) is 2.31. The largest absolute Gasteiger partial charge is 0.492 e. The van der Waals surface area contributed by atoms with Gasteiger partial charge in [-0.3, -0.25) is 0 Å². The van der Waals surface area contributed by atoms with E-state index in [1.54, 1.807) is 6.07 Å². The molecular weight excluding hydrogens is 314 g/mol. The first-order valence-electron chi connectivity index (χ1n) is 7.66. The predicted molar refractivity (Wildman–Crippen MR) is 88.9 cm³/mol. The lowest BCUT2D eigenvalue weighted by Crippen LogP contribution is -2.41. The van der Waals surface area contributed by atoms with Crippen molar-refractivity contribution in [3.05, 3.63) is 40.6 Å². The van der Waals surface area contributed by atoms with Gasteiger partial charge in [0.1, 0.15) is 5.82 Å². The second-order valence-corrected chi connectivity index (χ2v) is 6.67. The van der Waals surface area contributed by atoms with E-state index in [2.05, 4.69) is 4.74 Å². The molecule has 0 bridgehead atoms. The molecule has 5 nitrogen and oxygen atoms in total. The number of ether oxygens (including phenoxy) is 1. The molecule has 1 heterocycles. The van der Waals surface area contributed by atoms with Gasteiger partial charge >= 0.3 is 13.1 Å². The highest BCUT2D eigenvalue weighted by Crippen LogP contribution is 2.38. The summed E-state index contributed by atoms with van der Waals surface area (Å²) >= 11 is 0. The average molecular weight is 336 g/mol. The van der Waals surface area contributed by atoms with E-state index in [0.717, 1.165) is 0 Å². The van der Waals surface area contributed by atoms with Crippen LogP contribution in [0.3, 0.4) is 0 Å². The average Bonchev–Trinajstić information content (AvgIpc) is 2.73. The number of esters is 1. The number of rotatable bonds is 4. The van der Waals surface area contributed by atoms with Gasteiger partial charge in [0.05, 0.1) is 30.5 Å². The summed E-state index contributed by atoms with van der Waals surface area (Å²) in [5, 5.41) is 9.66. The first kappa shape index (κ1) is 18.6. The molecule has 2 rings (SSSR count). The molecular formula is C17H22BFO5. The van der Waals surface area contributed by atoms with E-state index in [4.69, 9.17) is 9.31 Å². The topological polar surface area (TPSA) is 65.0 Å². The monoisotopic (exact) mass is 336 g/mol. The van der Waals surface area contributed by atoms with Crippen molar-refractivity contribution in [2.75, 3.05) is 13.7 Å². The smallest absolute Gasteiger partial charge is 0.465 e. The number of hydrogen-bond donors (Lipinski definition) is 1. The van der Waals surface area contributed by atoms with Crippen LogP contribution in [-0.2, 0) is 14.0 Å². The Kier molecular flexibility index (Phi) is 5.18. The van der Waals surface area contributed by atoms with Crippen LogP contribution in [0.1, 0.15) is 43.6 Å². The van der Waals surface area contributed by atoms with Gasteiger partial charge in [0.2, 0.25) is 0 Å². The van der Waals surface area contributed by atoms with Crippen LogP contribution in [0.25, 0.3) is 6.08 Å². The van der Waals surface area contributed by atoms with E-state index in [0.29, 0.717) is 5.47 Å². The van der Waals surface area contributed by atoms with Crippen LogP contribution in [0.15, 0.2) is 23.7 Å². The molecule has 0 atom stereocenters. The second kappa shape index (κ2) is 6.66. The Morgan fingerprint density at radius 1 is 1.29 bits per heavy atom. The normalized spacial score (nSPS) is 19.5. The predicted octanol–water partition coefficient (Wildman–Crippen LogP) is 2.62. The van der Waals surface area contributed by atoms with Gasteiger partial charge in [0.25, 0.3) is 0 Å². The highest BCUT2D eigenvalue weighted by molar-refractivity contribution is 6.55. The SMILES string of the molecule is COC(=O)c1cccc(C=C(CO)B2OC(C)(C)C(C)(C)O2)c1F. The Bertz CT molecular complexity index is 653. The van der Waals surface area contributed by atoms with E-state index in [9.17, 15) is 14.3 Å². The summed E-state index contributed by atoms with van der Waals surface area (Å²) in [6.07, 6.45) is 1.43. The van der Waals surface area contributed by atoms with Crippen molar-refractivity contribution in [1.29, 1.82) is 0 Å². The summed E-state index contributed by atoms with van der Waals surface area (Å²) in [7, 11) is 0.398. The third-order valence-electron chi connectivity index (χ3n) is 4.51. The molecule has 7 heteroatoms. The minimum atomic E-state index is -0.791. The molecule has 1 aliphatic heterocycles. The van der Waals surface area contributed by atoms with E-state index in [1.807, 2.05) is 27.7 Å². The number of hydrogen-bond acceptors (Lipinski definition) is 5. The molecule has 24 heavy (non-hydrogen) atoms.